The SMILES string of the molecule is I.NC(=NCc1ccccc1OCC(F)(F)F)NC1CCCCC1. The summed E-state index contributed by atoms with van der Waals surface area (Å²) in [6, 6.07) is 6.88. The predicted octanol–water partition coefficient (Wildman–Crippen LogP) is 3.98. The van der Waals surface area contributed by atoms with Crippen LogP contribution in [0.25, 0.3) is 0 Å². The molecule has 3 N–H and O–H groups in total. The van der Waals surface area contributed by atoms with Crippen molar-refractivity contribution in [2.45, 2.75) is 50.9 Å². The zero-order valence-electron chi connectivity index (χ0n) is 13.3. The van der Waals surface area contributed by atoms with Crippen molar-refractivity contribution in [2.75, 3.05) is 6.61 Å². The van der Waals surface area contributed by atoms with Crippen LogP contribution < -0.4 is 15.8 Å². The Bertz CT molecular complexity index is 532. The van der Waals surface area contributed by atoms with Gasteiger partial charge in [0.25, 0.3) is 0 Å². The number of nitrogens with two attached hydrogens (primary N) is 1. The third-order valence-corrected chi connectivity index (χ3v) is 3.74. The Hall–Kier alpha value is -1.19. The van der Waals surface area contributed by atoms with Gasteiger partial charge in [-0.2, -0.15) is 13.2 Å². The predicted molar refractivity (Wildman–Crippen MR) is 98.7 cm³/mol. The molecule has 1 fully saturated rings. The topological polar surface area (TPSA) is 59.6 Å². The van der Waals surface area contributed by atoms with E-state index in [2.05, 4.69) is 10.3 Å². The smallest absolute Gasteiger partial charge is 0.422 e. The highest BCUT2D eigenvalue weighted by molar-refractivity contribution is 14.0. The molecule has 1 aromatic rings. The highest BCUT2D eigenvalue weighted by Crippen LogP contribution is 2.23. The van der Waals surface area contributed by atoms with E-state index in [1.54, 1.807) is 18.2 Å². The number of guanidine groups is 1. The normalized spacial score (nSPS) is 16.4. The number of rotatable bonds is 5. The van der Waals surface area contributed by atoms with Gasteiger partial charge in [-0.15, -0.1) is 24.0 Å². The fourth-order valence-corrected chi connectivity index (χ4v) is 2.61. The van der Waals surface area contributed by atoms with E-state index in [1.807, 2.05) is 0 Å². The highest BCUT2D eigenvalue weighted by atomic mass is 127. The first kappa shape index (κ1) is 20.9. The molecule has 24 heavy (non-hydrogen) atoms. The van der Waals surface area contributed by atoms with Crippen LogP contribution in [0.4, 0.5) is 13.2 Å². The molecule has 1 aliphatic carbocycles. The van der Waals surface area contributed by atoms with E-state index in [0.717, 1.165) is 12.8 Å². The third kappa shape index (κ3) is 7.59. The molecule has 0 aliphatic heterocycles. The largest absolute Gasteiger partial charge is 0.484 e. The molecule has 1 aliphatic rings. The van der Waals surface area contributed by atoms with Crippen LogP contribution in [0.15, 0.2) is 29.3 Å². The molecule has 8 heteroatoms. The molecule has 2 rings (SSSR count). The maximum atomic E-state index is 12.3. The maximum Gasteiger partial charge on any atom is 0.422 e. The quantitative estimate of drug-likeness (QED) is 0.400. The number of hydrogen-bond acceptors (Lipinski definition) is 2. The Morgan fingerprint density at radius 1 is 1.21 bits per heavy atom. The minimum absolute atomic E-state index is 0. The van der Waals surface area contributed by atoms with Crippen molar-refractivity contribution in [3.05, 3.63) is 29.8 Å². The van der Waals surface area contributed by atoms with E-state index < -0.39 is 12.8 Å². The van der Waals surface area contributed by atoms with Crippen LogP contribution in [0, 0.1) is 0 Å². The minimum atomic E-state index is -4.36. The summed E-state index contributed by atoms with van der Waals surface area (Å²) in [6.07, 6.45) is 1.39. The molecule has 0 spiro atoms. The third-order valence-electron chi connectivity index (χ3n) is 3.74. The van der Waals surface area contributed by atoms with Crippen molar-refractivity contribution in [3.8, 4) is 5.75 Å². The summed E-state index contributed by atoms with van der Waals surface area (Å²) in [4.78, 5) is 4.22. The average molecular weight is 457 g/mol. The first-order chi connectivity index (χ1) is 10.9. The molecule has 0 saturated heterocycles. The van der Waals surface area contributed by atoms with Gasteiger partial charge in [0.2, 0.25) is 0 Å². The van der Waals surface area contributed by atoms with Crippen LogP contribution in [0.5, 0.6) is 5.75 Å². The van der Waals surface area contributed by atoms with E-state index in [1.165, 1.54) is 25.3 Å². The van der Waals surface area contributed by atoms with Crippen molar-refractivity contribution in [1.82, 2.24) is 5.32 Å². The number of benzene rings is 1. The molecule has 4 nitrogen and oxygen atoms in total. The Kier molecular flexibility index (Phi) is 8.65. The first-order valence-electron chi connectivity index (χ1n) is 7.78. The molecular formula is C16H23F3IN3O. The van der Waals surface area contributed by atoms with E-state index in [0.29, 0.717) is 17.6 Å². The van der Waals surface area contributed by atoms with Crippen molar-refractivity contribution >= 4 is 29.9 Å². The van der Waals surface area contributed by atoms with Gasteiger partial charge < -0.3 is 15.8 Å². The van der Waals surface area contributed by atoms with Gasteiger partial charge in [-0.1, -0.05) is 37.5 Å². The molecule has 1 aromatic carbocycles. The molecule has 0 atom stereocenters. The molecule has 136 valence electrons. The summed E-state index contributed by atoms with van der Waals surface area (Å²) in [7, 11) is 0. The van der Waals surface area contributed by atoms with Gasteiger partial charge in [-0.3, -0.25) is 0 Å². The lowest BCUT2D eigenvalue weighted by atomic mass is 9.96. The lowest BCUT2D eigenvalue weighted by Gasteiger charge is -2.23. The van der Waals surface area contributed by atoms with Gasteiger partial charge in [0, 0.05) is 11.6 Å². The number of hydrogen-bond donors (Lipinski definition) is 2. The molecule has 0 heterocycles. The second-order valence-electron chi connectivity index (χ2n) is 5.69. The standard InChI is InChI=1S/C16H22F3N3O.HI/c17-16(18,19)11-23-14-9-5-4-6-12(14)10-21-15(20)22-13-7-2-1-3-8-13;/h4-6,9,13H,1-3,7-8,10-11H2,(H3,20,21,22);1H. The number of alkyl halides is 3. The van der Waals surface area contributed by atoms with E-state index in [4.69, 9.17) is 10.5 Å². The molecule has 0 aromatic heterocycles. The van der Waals surface area contributed by atoms with E-state index in [9.17, 15) is 13.2 Å². The minimum Gasteiger partial charge on any atom is -0.484 e. The van der Waals surface area contributed by atoms with Gasteiger partial charge >= 0.3 is 6.18 Å². The van der Waals surface area contributed by atoms with Gasteiger partial charge in [0.15, 0.2) is 12.6 Å². The summed E-state index contributed by atoms with van der Waals surface area (Å²) in [5, 5.41) is 3.17. The van der Waals surface area contributed by atoms with Crippen LogP contribution in [0.3, 0.4) is 0 Å². The molecule has 0 radical (unpaired) electrons. The average Bonchev–Trinajstić information content (AvgIpc) is 2.52. The van der Waals surface area contributed by atoms with Crippen LogP contribution in [0.2, 0.25) is 0 Å². The number of aliphatic imine (C=N–C) groups is 1. The molecule has 0 amide bonds. The summed E-state index contributed by atoms with van der Waals surface area (Å²) in [5.74, 6) is 0.501. The Morgan fingerprint density at radius 3 is 2.54 bits per heavy atom. The fraction of sp³-hybridized carbons (Fsp3) is 0.562. The summed E-state index contributed by atoms with van der Waals surface area (Å²) in [6.45, 7) is -1.14. The first-order valence-corrected chi connectivity index (χ1v) is 7.78. The van der Waals surface area contributed by atoms with Crippen molar-refractivity contribution < 1.29 is 17.9 Å². The lowest BCUT2D eigenvalue weighted by Crippen LogP contribution is -2.41. The van der Waals surface area contributed by atoms with Crippen LogP contribution >= 0.6 is 24.0 Å². The Labute approximate surface area is 157 Å². The lowest BCUT2D eigenvalue weighted by molar-refractivity contribution is -0.153. The number of nitrogens with one attached hydrogen (secondary N) is 1. The number of ether oxygens (including phenoxy) is 1. The monoisotopic (exact) mass is 457 g/mol. The van der Waals surface area contributed by atoms with E-state index >= 15 is 0 Å². The second-order valence-corrected chi connectivity index (χ2v) is 5.69. The van der Waals surface area contributed by atoms with Crippen molar-refractivity contribution in [3.63, 3.8) is 0 Å². The number of halogens is 4. The fourth-order valence-electron chi connectivity index (χ4n) is 2.61. The maximum absolute atomic E-state index is 12.3. The van der Waals surface area contributed by atoms with Gasteiger partial charge in [0.05, 0.1) is 6.54 Å². The van der Waals surface area contributed by atoms with Gasteiger partial charge in [-0.25, -0.2) is 4.99 Å². The molecule has 0 bridgehead atoms. The number of para-hydroxylation sites is 1. The summed E-state index contributed by atoms with van der Waals surface area (Å²) >= 11 is 0. The highest BCUT2D eigenvalue weighted by Gasteiger charge is 2.28. The zero-order valence-corrected chi connectivity index (χ0v) is 15.6. The van der Waals surface area contributed by atoms with Crippen molar-refractivity contribution in [1.29, 1.82) is 0 Å². The molecule has 1 saturated carbocycles. The Morgan fingerprint density at radius 2 is 1.88 bits per heavy atom. The summed E-state index contributed by atoms with van der Waals surface area (Å²) in [5.41, 5.74) is 6.44. The number of nitrogens with zero attached hydrogens (tertiary/aromatic N) is 1. The van der Waals surface area contributed by atoms with Crippen LogP contribution in [0.1, 0.15) is 37.7 Å². The van der Waals surface area contributed by atoms with Gasteiger partial charge in [0.1, 0.15) is 5.75 Å². The van der Waals surface area contributed by atoms with Gasteiger partial charge in [-0.05, 0) is 18.9 Å². The van der Waals surface area contributed by atoms with Crippen LogP contribution in [-0.4, -0.2) is 24.8 Å². The van der Waals surface area contributed by atoms with Crippen molar-refractivity contribution in [2.24, 2.45) is 10.7 Å². The summed E-state index contributed by atoms with van der Waals surface area (Å²) < 4.78 is 41.6. The Balaban J connectivity index is 0.00000288. The van der Waals surface area contributed by atoms with Crippen LogP contribution in [-0.2, 0) is 6.54 Å². The molecular weight excluding hydrogens is 434 g/mol. The zero-order chi connectivity index (χ0) is 16.7. The van der Waals surface area contributed by atoms with E-state index in [-0.39, 0.29) is 36.3 Å². The molecule has 0 unspecified atom stereocenters. The second kappa shape index (κ2) is 9.95.